The van der Waals surface area contributed by atoms with Crippen molar-refractivity contribution in [2.45, 2.75) is 25.7 Å². The molecular weight excluding hydrogens is 204 g/mol. The van der Waals surface area contributed by atoms with E-state index in [0.717, 1.165) is 19.3 Å². The van der Waals surface area contributed by atoms with Crippen LogP contribution in [-0.2, 0) is 9.53 Å². The van der Waals surface area contributed by atoms with Crippen molar-refractivity contribution in [1.29, 1.82) is 0 Å². The van der Waals surface area contributed by atoms with Crippen molar-refractivity contribution in [3.63, 3.8) is 0 Å². The zero-order valence-corrected chi connectivity index (χ0v) is 9.65. The predicted octanol–water partition coefficient (Wildman–Crippen LogP) is 2.95. The number of carbonyl (C=O) groups is 1. The van der Waals surface area contributed by atoms with E-state index in [1.807, 2.05) is 6.08 Å². The minimum absolute atomic E-state index is 0.196. The molecular formula is C13H20O3. The summed E-state index contributed by atoms with van der Waals surface area (Å²) in [6, 6.07) is 0. The van der Waals surface area contributed by atoms with Crippen LogP contribution in [0.5, 0.6) is 0 Å². The van der Waals surface area contributed by atoms with Crippen molar-refractivity contribution in [2.24, 2.45) is 0 Å². The normalized spacial score (nSPS) is 10.5. The highest BCUT2D eigenvalue weighted by atomic mass is 16.5. The summed E-state index contributed by atoms with van der Waals surface area (Å²) >= 11 is 0. The van der Waals surface area contributed by atoms with Gasteiger partial charge in [0.05, 0.1) is 13.2 Å². The van der Waals surface area contributed by atoms with E-state index < -0.39 is 5.97 Å². The van der Waals surface area contributed by atoms with E-state index in [4.69, 9.17) is 9.84 Å². The van der Waals surface area contributed by atoms with Crippen LogP contribution in [0.25, 0.3) is 0 Å². The molecule has 0 aliphatic carbocycles. The molecule has 0 amide bonds. The number of allylic oxidation sites excluding steroid dienone is 2. The first-order valence-corrected chi connectivity index (χ1v) is 5.43. The summed E-state index contributed by atoms with van der Waals surface area (Å²) in [4.78, 5) is 10.4. The van der Waals surface area contributed by atoms with Crippen LogP contribution in [0.15, 0.2) is 37.0 Å². The monoisotopic (exact) mass is 224 g/mol. The highest BCUT2D eigenvalue weighted by Crippen LogP contribution is 1.99. The van der Waals surface area contributed by atoms with Gasteiger partial charge in [0.15, 0.2) is 0 Å². The van der Waals surface area contributed by atoms with Crippen molar-refractivity contribution in [2.75, 3.05) is 13.2 Å². The second-order valence-corrected chi connectivity index (χ2v) is 3.40. The fourth-order valence-corrected chi connectivity index (χ4v) is 1.01. The van der Waals surface area contributed by atoms with Gasteiger partial charge in [-0.15, -0.1) is 6.58 Å². The van der Waals surface area contributed by atoms with Gasteiger partial charge in [-0.25, -0.2) is 4.79 Å². The number of rotatable bonds is 10. The number of hydrogen-bond acceptors (Lipinski definition) is 2. The Balaban J connectivity index is 3.27. The molecule has 0 unspecified atom stereocenters. The van der Waals surface area contributed by atoms with Crippen molar-refractivity contribution in [3.05, 3.63) is 37.0 Å². The van der Waals surface area contributed by atoms with Gasteiger partial charge in [-0.05, 0) is 19.3 Å². The van der Waals surface area contributed by atoms with E-state index in [1.54, 1.807) is 0 Å². The lowest BCUT2D eigenvalue weighted by Gasteiger charge is -2.01. The summed E-state index contributed by atoms with van der Waals surface area (Å²) in [6.45, 7) is 8.10. The van der Waals surface area contributed by atoms with Crippen LogP contribution in [0.1, 0.15) is 25.7 Å². The molecule has 1 N–H and O–H groups in total. The summed E-state index contributed by atoms with van der Waals surface area (Å²) in [5.74, 6) is -0.951. The topological polar surface area (TPSA) is 46.5 Å². The molecule has 0 aromatic heterocycles. The number of ether oxygens (including phenoxy) is 1. The molecule has 0 spiro atoms. The van der Waals surface area contributed by atoms with Crippen molar-refractivity contribution >= 4 is 5.97 Å². The largest absolute Gasteiger partial charge is 0.478 e. The molecule has 16 heavy (non-hydrogen) atoms. The van der Waals surface area contributed by atoms with E-state index in [2.05, 4.69) is 25.3 Å². The maximum Gasteiger partial charge on any atom is 0.331 e. The molecule has 0 fully saturated rings. The maximum atomic E-state index is 10.4. The summed E-state index contributed by atoms with van der Waals surface area (Å²) < 4.78 is 5.27. The first-order chi connectivity index (χ1) is 7.68. The molecule has 3 heteroatoms. The van der Waals surface area contributed by atoms with Crippen LogP contribution in [0.4, 0.5) is 0 Å². The van der Waals surface area contributed by atoms with Gasteiger partial charge in [-0.1, -0.05) is 24.8 Å². The molecule has 0 aliphatic heterocycles. The third-order valence-corrected chi connectivity index (χ3v) is 1.98. The molecule has 0 bridgehead atoms. The quantitative estimate of drug-likeness (QED) is 0.352. The summed E-state index contributed by atoms with van der Waals surface area (Å²) in [5, 5.41) is 8.53. The minimum Gasteiger partial charge on any atom is -0.478 e. The Kier molecular flexibility index (Phi) is 9.32. The Labute approximate surface area is 97.1 Å². The zero-order chi connectivity index (χ0) is 12.2. The number of carboxylic acid groups (broad SMARTS) is 1. The Morgan fingerprint density at radius 2 is 1.88 bits per heavy atom. The highest BCUT2D eigenvalue weighted by Gasteiger charge is 2.02. The van der Waals surface area contributed by atoms with Crippen LogP contribution in [0, 0.1) is 0 Å². The lowest BCUT2D eigenvalue weighted by molar-refractivity contribution is -0.132. The van der Waals surface area contributed by atoms with E-state index in [0.29, 0.717) is 19.6 Å². The van der Waals surface area contributed by atoms with Gasteiger partial charge < -0.3 is 9.84 Å². The molecule has 0 saturated carbocycles. The second-order valence-electron chi connectivity index (χ2n) is 3.40. The Bertz CT molecular complexity index is 254. The predicted molar refractivity (Wildman–Crippen MR) is 65.4 cm³/mol. The smallest absolute Gasteiger partial charge is 0.331 e. The van der Waals surface area contributed by atoms with Gasteiger partial charge in [0.25, 0.3) is 0 Å². The van der Waals surface area contributed by atoms with Crippen LogP contribution in [0.2, 0.25) is 0 Å². The van der Waals surface area contributed by atoms with Gasteiger partial charge in [0.2, 0.25) is 0 Å². The zero-order valence-electron chi connectivity index (χ0n) is 9.65. The van der Waals surface area contributed by atoms with Crippen molar-refractivity contribution < 1.29 is 14.6 Å². The van der Waals surface area contributed by atoms with Gasteiger partial charge in [-0.3, -0.25) is 0 Å². The average Bonchev–Trinajstić information content (AvgIpc) is 2.26. The average molecular weight is 224 g/mol. The second kappa shape index (κ2) is 10.2. The third-order valence-electron chi connectivity index (χ3n) is 1.98. The molecule has 90 valence electrons. The molecule has 0 aromatic carbocycles. The van der Waals surface area contributed by atoms with Gasteiger partial charge in [-0.2, -0.15) is 0 Å². The molecule has 3 nitrogen and oxygen atoms in total. The van der Waals surface area contributed by atoms with Crippen LogP contribution in [-0.4, -0.2) is 24.3 Å². The maximum absolute atomic E-state index is 10.4. The van der Waals surface area contributed by atoms with E-state index in [9.17, 15) is 4.79 Å². The number of carboxylic acids is 1. The van der Waals surface area contributed by atoms with E-state index >= 15 is 0 Å². The SMILES string of the molecule is C=CCC/C=C/CCOCCC(=C)C(=O)O. The Morgan fingerprint density at radius 3 is 2.50 bits per heavy atom. The van der Waals surface area contributed by atoms with Gasteiger partial charge >= 0.3 is 5.97 Å². The Hall–Kier alpha value is -1.35. The van der Waals surface area contributed by atoms with Gasteiger partial charge in [0.1, 0.15) is 0 Å². The molecule has 0 radical (unpaired) electrons. The first-order valence-electron chi connectivity index (χ1n) is 5.43. The van der Waals surface area contributed by atoms with Crippen molar-refractivity contribution in [3.8, 4) is 0 Å². The van der Waals surface area contributed by atoms with Crippen LogP contribution in [0.3, 0.4) is 0 Å². The van der Waals surface area contributed by atoms with Gasteiger partial charge in [0, 0.05) is 12.0 Å². The highest BCUT2D eigenvalue weighted by molar-refractivity contribution is 5.85. The minimum atomic E-state index is -0.951. The number of hydrogen-bond donors (Lipinski definition) is 1. The molecule has 0 rings (SSSR count). The molecule has 0 aliphatic rings. The molecule has 0 heterocycles. The lowest BCUT2D eigenvalue weighted by atomic mass is 10.2. The summed E-state index contributed by atoms with van der Waals surface area (Å²) in [5.41, 5.74) is 0.196. The number of aliphatic carboxylic acids is 1. The summed E-state index contributed by atoms with van der Waals surface area (Å²) in [6.07, 6.45) is 9.30. The molecule has 0 aromatic rings. The summed E-state index contributed by atoms with van der Waals surface area (Å²) in [7, 11) is 0. The van der Waals surface area contributed by atoms with Crippen LogP contribution >= 0.6 is 0 Å². The molecule has 0 saturated heterocycles. The standard InChI is InChI=1S/C13H20O3/c1-3-4-5-6-7-8-10-16-11-9-12(2)13(14)15/h3,6-7H,1-2,4-5,8-11H2,(H,14,15)/b7-6+. The number of unbranched alkanes of at least 4 members (excludes halogenated alkanes) is 1. The third kappa shape index (κ3) is 9.21. The first kappa shape index (κ1) is 14.6. The fourth-order valence-electron chi connectivity index (χ4n) is 1.01. The van der Waals surface area contributed by atoms with Crippen LogP contribution < -0.4 is 0 Å². The van der Waals surface area contributed by atoms with E-state index in [1.165, 1.54) is 0 Å². The molecule has 0 atom stereocenters. The Morgan fingerprint density at radius 1 is 1.19 bits per heavy atom. The fraction of sp³-hybridized carbons (Fsp3) is 0.462. The van der Waals surface area contributed by atoms with E-state index in [-0.39, 0.29) is 5.57 Å². The van der Waals surface area contributed by atoms with Crippen molar-refractivity contribution in [1.82, 2.24) is 0 Å². The lowest BCUT2D eigenvalue weighted by Crippen LogP contribution is -2.03.